The number of nitrogens with one attached hydrogen (secondary N) is 1. The Morgan fingerprint density at radius 2 is 2.58 bits per heavy atom. The lowest BCUT2D eigenvalue weighted by molar-refractivity contribution is 0.189. The molecule has 0 radical (unpaired) electrons. The molecule has 1 unspecified atom stereocenters. The molecule has 0 saturated heterocycles. The summed E-state index contributed by atoms with van der Waals surface area (Å²) in [6, 6.07) is 2.05. The van der Waals surface area contributed by atoms with Gasteiger partial charge >= 0.3 is 6.09 Å². The first-order valence-corrected chi connectivity index (χ1v) is 3.81. The monoisotopic (exact) mass is 166 g/mol. The van der Waals surface area contributed by atoms with Crippen LogP contribution >= 0.6 is 0 Å². The van der Waals surface area contributed by atoms with E-state index in [-0.39, 0.29) is 6.04 Å². The first kappa shape index (κ1) is 8.60. The van der Waals surface area contributed by atoms with Gasteiger partial charge in [-0.25, -0.2) is 4.79 Å². The predicted molar refractivity (Wildman–Crippen MR) is 42.5 cm³/mol. The van der Waals surface area contributed by atoms with Crippen molar-refractivity contribution in [2.75, 3.05) is 0 Å². The highest BCUT2D eigenvalue weighted by molar-refractivity contribution is 5.64. The number of carbonyl (C=O) groups is 1. The lowest BCUT2D eigenvalue weighted by Crippen LogP contribution is -2.34. The Hall–Kier alpha value is -1.50. The standard InChI is InChI=1S/C8H10N2O2/c9-5-6-1-3-7(4-2-6)10-8(11)12/h1,7,10H,2-4H2,(H,11,12). The van der Waals surface area contributed by atoms with Gasteiger partial charge in [-0.1, -0.05) is 6.08 Å². The molecular formula is C8H10N2O2. The molecule has 1 atom stereocenters. The molecular weight excluding hydrogens is 156 g/mol. The third-order valence-electron chi connectivity index (χ3n) is 1.88. The summed E-state index contributed by atoms with van der Waals surface area (Å²) < 4.78 is 0. The van der Waals surface area contributed by atoms with Crippen molar-refractivity contribution < 1.29 is 9.90 Å². The summed E-state index contributed by atoms with van der Waals surface area (Å²) >= 11 is 0. The fourth-order valence-corrected chi connectivity index (χ4v) is 1.24. The third kappa shape index (κ3) is 2.27. The maximum atomic E-state index is 10.2. The second-order valence-corrected chi connectivity index (χ2v) is 2.76. The zero-order valence-electron chi connectivity index (χ0n) is 6.58. The molecule has 0 heterocycles. The average molecular weight is 166 g/mol. The van der Waals surface area contributed by atoms with Gasteiger partial charge in [0.2, 0.25) is 0 Å². The zero-order valence-corrected chi connectivity index (χ0v) is 6.58. The second kappa shape index (κ2) is 3.77. The summed E-state index contributed by atoms with van der Waals surface area (Å²) in [6.07, 6.45) is 2.85. The second-order valence-electron chi connectivity index (χ2n) is 2.76. The molecule has 0 bridgehead atoms. The minimum absolute atomic E-state index is 0.0143. The van der Waals surface area contributed by atoms with E-state index in [0.717, 1.165) is 12.0 Å². The van der Waals surface area contributed by atoms with Crippen LogP contribution in [-0.2, 0) is 0 Å². The topological polar surface area (TPSA) is 73.1 Å². The molecule has 0 spiro atoms. The largest absolute Gasteiger partial charge is 0.465 e. The van der Waals surface area contributed by atoms with E-state index in [2.05, 4.69) is 11.4 Å². The highest BCUT2D eigenvalue weighted by Crippen LogP contribution is 2.16. The van der Waals surface area contributed by atoms with E-state index in [1.54, 1.807) is 6.08 Å². The highest BCUT2D eigenvalue weighted by atomic mass is 16.4. The predicted octanol–water partition coefficient (Wildman–Crippen LogP) is 1.26. The molecule has 0 aromatic rings. The number of hydrogen-bond acceptors (Lipinski definition) is 2. The van der Waals surface area contributed by atoms with Gasteiger partial charge in [-0.3, -0.25) is 0 Å². The maximum Gasteiger partial charge on any atom is 0.404 e. The van der Waals surface area contributed by atoms with Crippen LogP contribution in [0.15, 0.2) is 11.6 Å². The number of nitrogens with zero attached hydrogens (tertiary/aromatic N) is 1. The van der Waals surface area contributed by atoms with E-state index in [1.165, 1.54) is 0 Å². The van der Waals surface area contributed by atoms with Crippen LogP contribution in [-0.4, -0.2) is 17.2 Å². The van der Waals surface area contributed by atoms with E-state index < -0.39 is 6.09 Å². The molecule has 0 aromatic heterocycles. The molecule has 1 aliphatic rings. The molecule has 2 N–H and O–H groups in total. The van der Waals surface area contributed by atoms with Crippen molar-refractivity contribution in [3.63, 3.8) is 0 Å². The zero-order chi connectivity index (χ0) is 8.97. The van der Waals surface area contributed by atoms with Gasteiger partial charge in [-0.2, -0.15) is 5.26 Å². The summed E-state index contributed by atoms with van der Waals surface area (Å²) in [5.41, 5.74) is 0.762. The normalized spacial score (nSPS) is 22.2. The van der Waals surface area contributed by atoms with E-state index in [4.69, 9.17) is 10.4 Å². The molecule has 0 fully saturated rings. The Labute approximate surface area is 70.5 Å². The maximum absolute atomic E-state index is 10.2. The minimum atomic E-state index is -0.992. The van der Waals surface area contributed by atoms with Crippen molar-refractivity contribution >= 4 is 6.09 Å². The smallest absolute Gasteiger partial charge is 0.404 e. The summed E-state index contributed by atoms with van der Waals surface area (Å²) in [5, 5.41) is 19.3. The van der Waals surface area contributed by atoms with Crippen LogP contribution in [0.25, 0.3) is 0 Å². The summed E-state index contributed by atoms with van der Waals surface area (Å²) in [6.45, 7) is 0. The molecule has 0 aromatic carbocycles. The van der Waals surface area contributed by atoms with E-state index >= 15 is 0 Å². The van der Waals surface area contributed by atoms with Gasteiger partial charge in [0.1, 0.15) is 0 Å². The number of amides is 1. The minimum Gasteiger partial charge on any atom is -0.465 e. The Morgan fingerprint density at radius 3 is 3.00 bits per heavy atom. The molecule has 1 rings (SSSR count). The van der Waals surface area contributed by atoms with Crippen LogP contribution < -0.4 is 5.32 Å². The Morgan fingerprint density at radius 1 is 1.83 bits per heavy atom. The molecule has 4 heteroatoms. The van der Waals surface area contributed by atoms with E-state index in [1.807, 2.05) is 0 Å². The van der Waals surface area contributed by atoms with Crippen molar-refractivity contribution in [1.82, 2.24) is 5.32 Å². The van der Waals surface area contributed by atoms with Gasteiger partial charge in [0.05, 0.1) is 6.07 Å². The van der Waals surface area contributed by atoms with Crippen molar-refractivity contribution in [3.05, 3.63) is 11.6 Å². The van der Waals surface area contributed by atoms with Crippen molar-refractivity contribution in [2.24, 2.45) is 0 Å². The van der Waals surface area contributed by atoms with Crippen molar-refractivity contribution in [2.45, 2.75) is 25.3 Å². The van der Waals surface area contributed by atoms with Crippen LogP contribution in [0.3, 0.4) is 0 Å². The summed E-state index contributed by atoms with van der Waals surface area (Å²) in [7, 11) is 0. The van der Waals surface area contributed by atoms with Crippen LogP contribution in [0.4, 0.5) is 4.79 Å². The van der Waals surface area contributed by atoms with Gasteiger partial charge in [-0.05, 0) is 19.3 Å². The van der Waals surface area contributed by atoms with Crippen LogP contribution in [0.5, 0.6) is 0 Å². The molecule has 1 amide bonds. The molecule has 1 aliphatic carbocycles. The number of nitriles is 1. The first-order chi connectivity index (χ1) is 5.72. The van der Waals surface area contributed by atoms with Gasteiger partial charge in [-0.15, -0.1) is 0 Å². The van der Waals surface area contributed by atoms with Crippen molar-refractivity contribution in [1.29, 1.82) is 5.26 Å². The lowest BCUT2D eigenvalue weighted by atomic mass is 9.96. The number of rotatable bonds is 1. The number of hydrogen-bond donors (Lipinski definition) is 2. The Kier molecular flexibility index (Phi) is 2.70. The van der Waals surface area contributed by atoms with Crippen LogP contribution in [0.2, 0.25) is 0 Å². The number of allylic oxidation sites excluding steroid dienone is 1. The van der Waals surface area contributed by atoms with Crippen molar-refractivity contribution in [3.8, 4) is 6.07 Å². The fraction of sp³-hybridized carbons (Fsp3) is 0.500. The van der Waals surface area contributed by atoms with E-state index in [9.17, 15) is 4.79 Å². The molecule has 0 saturated carbocycles. The van der Waals surface area contributed by atoms with Gasteiger partial charge < -0.3 is 10.4 Å². The molecule has 12 heavy (non-hydrogen) atoms. The average Bonchev–Trinajstić information content (AvgIpc) is 2.05. The van der Waals surface area contributed by atoms with Gasteiger partial charge in [0.25, 0.3) is 0 Å². The van der Waals surface area contributed by atoms with Gasteiger partial charge in [0.15, 0.2) is 0 Å². The SMILES string of the molecule is N#CC1=CCC(NC(=O)O)CC1. The molecule has 0 aliphatic heterocycles. The summed E-state index contributed by atoms with van der Waals surface area (Å²) in [5.74, 6) is 0. The van der Waals surface area contributed by atoms with Gasteiger partial charge in [0, 0.05) is 11.6 Å². The van der Waals surface area contributed by atoms with Crippen LogP contribution in [0.1, 0.15) is 19.3 Å². The third-order valence-corrected chi connectivity index (χ3v) is 1.88. The van der Waals surface area contributed by atoms with Crippen LogP contribution in [0, 0.1) is 11.3 Å². The quantitative estimate of drug-likeness (QED) is 0.615. The Balaban J connectivity index is 2.42. The fourth-order valence-electron chi connectivity index (χ4n) is 1.24. The van der Waals surface area contributed by atoms with E-state index in [0.29, 0.717) is 12.8 Å². The lowest BCUT2D eigenvalue weighted by Gasteiger charge is -2.18. The highest BCUT2D eigenvalue weighted by Gasteiger charge is 2.15. The first-order valence-electron chi connectivity index (χ1n) is 3.81. The summed E-state index contributed by atoms with van der Waals surface area (Å²) in [4.78, 5) is 10.2. The molecule has 4 nitrogen and oxygen atoms in total. The number of carboxylic acid groups (broad SMARTS) is 1. The molecule has 64 valence electrons. The Bertz CT molecular complexity index is 252.